The molecule has 1 atom stereocenters. The van der Waals surface area contributed by atoms with Gasteiger partial charge < -0.3 is 5.32 Å². The zero-order valence-corrected chi connectivity index (χ0v) is 13.0. The smallest absolute Gasteiger partial charge is 0.275 e. The van der Waals surface area contributed by atoms with Crippen LogP contribution in [-0.4, -0.2) is 15.7 Å². The van der Waals surface area contributed by atoms with Gasteiger partial charge in [-0.25, -0.2) is 4.68 Å². The van der Waals surface area contributed by atoms with E-state index in [2.05, 4.69) is 10.4 Å². The first-order chi connectivity index (χ1) is 11.1. The van der Waals surface area contributed by atoms with Gasteiger partial charge in [0.25, 0.3) is 5.56 Å². The Morgan fingerprint density at radius 3 is 2.74 bits per heavy atom. The van der Waals surface area contributed by atoms with Gasteiger partial charge in [-0.15, -0.1) is 0 Å². The lowest BCUT2D eigenvalue weighted by Gasteiger charge is -2.14. The molecule has 0 saturated heterocycles. The summed E-state index contributed by atoms with van der Waals surface area (Å²) in [6.07, 6.45) is 1.60. The highest BCUT2D eigenvalue weighted by Gasteiger charge is 2.18. The number of rotatable bonds is 3. The molecule has 1 aromatic heterocycles. The first-order valence-corrected chi connectivity index (χ1v) is 7.40. The predicted molar refractivity (Wildman–Crippen MR) is 90.5 cm³/mol. The van der Waals surface area contributed by atoms with Crippen LogP contribution in [0.5, 0.6) is 0 Å². The molecule has 3 rings (SSSR count). The first-order valence-electron chi connectivity index (χ1n) is 7.40. The van der Waals surface area contributed by atoms with Crippen molar-refractivity contribution in [2.75, 3.05) is 5.32 Å². The maximum absolute atomic E-state index is 12.5. The zero-order valence-electron chi connectivity index (χ0n) is 13.0. The van der Waals surface area contributed by atoms with Crippen LogP contribution in [0.4, 0.5) is 5.69 Å². The second-order valence-corrected chi connectivity index (χ2v) is 5.52. The first kappa shape index (κ1) is 15.0. The Morgan fingerprint density at radius 2 is 1.96 bits per heavy atom. The Morgan fingerprint density at radius 1 is 1.17 bits per heavy atom. The molecule has 0 unspecified atom stereocenters. The minimum atomic E-state index is -0.701. The molecule has 0 aliphatic rings. The van der Waals surface area contributed by atoms with Crippen molar-refractivity contribution in [2.45, 2.75) is 19.9 Å². The number of aryl methyl sites for hydroxylation is 1. The summed E-state index contributed by atoms with van der Waals surface area (Å²) >= 11 is 0. The third-order valence-electron chi connectivity index (χ3n) is 3.75. The van der Waals surface area contributed by atoms with E-state index in [-0.39, 0.29) is 11.5 Å². The highest BCUT2D eigenvalue weighted by molar-refractivity contribution is 5.93. The zero-order chi connectivity index (χ0) is 16.4. The van der Waals surface area contributed by atoms with Gasteiger partial charge in [0.1, 0.15) is 6.04 Å². The van der Waals surface area contributed by atoms with Gasteiger partial charge in [0.05, 0.1) is 11.6 Å². The van der Waals surface area contributed by atoms with Gasteiger partial charge in [0, 0.05) is 11.1 Å². The summed E-state index contributed by atoms with van der Waals surface area (Å²) in [6.45, 7) is 3.61. The number of amides is 1. The van der Waals surface area contributed by atoms with Crippen LogP contribution in [0.1, 0.15) is 18.5 Å². The SMILES string of the molecule is Cc1cccc(NC(=O)[C@H](C)n2ncc3ccccc3c2=O)c1. The molecule has 3 aromatic rings. The fourth-order valence-corrected chi connectivity index (χ4v) is 2.46. The standard InChI is InChI=1S/C18H17N3O2/c1-12-6-5-8-15(10-12)20-17(22)13(2)21-18(23)16-9-4-3-7-14(16)11-19-21/h3-11,13H,1-2H3,(H,20,22)/t13-/m0/s1. The lowest BCUT2D eigenvalue weighted by Crippen LogP contribution is -2.33. The number of nitrogens with one attached hydrogen (secondary N) is 1. The van der Waals surface area contributed by atoms with Crippen LogP contribution in [-0.2, 0) is 4.79 Å². The highest BCUT2D eigenvalue weighted by atomic mass is 16.2. The third kappa shape index (κ3) is 2.99. The van der Waals surface area contributed by atoms with Gasteiger partial charge in [-0.1, -0.05) is 30.3 Å². The van der Waals surface area contributed by atoms with E-state index in [1.54, 1.807) is 25.3 Å². The predicted octanol–water partition coefficient (Wildman–Crippen LogP) is 2.90. The van der Waals surface area contributed by atoms with Crippen LogP contribution in [0.2, 0.25) is 0 Å². The van der Waals surface area contributed by atoms with Gasteiger partial charge in [-0.3, -0.25) is 9.59 Å². The van der Waals surface area contributed by atoms with Crippen LogP contribution in [0.25, 0.3) is 10.8 Å². The van der Waals surface area contributed by atoms with Crippen LogP contribution < -0.4 is 10.9 Å². The maximum atomic E-state index is 12.5. The van der Waals surface area contributed by atoms with Gasteiger partial charge >= 0.3 is 0 Å². The van der Waals surface area contributed by atoms with Crippen molar-refractivity contribution in [1.82, 2.24) is 9.78 Å². The van der Waals surface area contributed by atoms with E-state index >= 15 is 0 Å². The largest absolute Gasteiger partial charge is 0.324 e. The molecular weight excluding hydrogens is 290 g/mol. The fraction of sp³-hybridized carbons (Fsp3) is 0.167. The van der Waals surface area contributed by atoms with Crippen LogP contribution in [0.3, 0.4) is 0 Å². The van der Waals surface area contributed by atoms with Crippen molar-refractivity contribution in [3.8, 4) is 0 Å². The normalized spacial score (nSPS) is 12.1. The number of hydrogen-bond donors (Lipinski definition) is 1. The van der Waals surface area contributed by atoms with Gasteiger partial charge in [0.15, 0.2) is 0 Å². The van der Waals surface area contributed by atoms with Crippen molar-refractivity contribution >= 4 is 22.4 Å². The van der Waals surface area contributed by atoms with E-state index in [1.807, 2.05) is 43.3 Å². The number of benzene rings is 2. The molecule has 0 aliphatic heterocycles. The molecule has 0 radical (unpaired) electrons. The molecule has 23 heavy (non-hydrogen) atoms. The van der Waals surface area contributed by atoms with Gasteiger partial charge in [0.2, 0.25) is 5.91 Å². The molecule has 1 amide bonds. The Hall–Kier alpha value is -2.95. The van der Waals surface area contributed by atoms with E-state index in [9.17, 15) is 9.59 Å². The van der Waals surface area contributed by atoms with Gasteiger partial charge in [-0.05, 0) is 37.6 Å². The summed E-state index contributed by atoms with van der Waals surface area (Å²) in [7, 11) is 0. The van der Waals surface area contributed by atoms with E-state index < -0.39 is 6.04 Å². The van der Waals surface area contributed by atoms with Crippen molar-refractivity contribution in [1.29, 1.82) is 0 Å². The molecular formula is C18H17N3O2. The molecule has 116 valence electrons. The highest BCUT2D eigenvalue weighted by Crippen LogP contribution is 2.13. The van der Waals surface area contributed by atoms with Gasteiger partial charge in [-0.2, -0.15) is 5.10 Å². The molecule has 0 spiro atoms. The molecule has 0 aliphatic carbocycles. The molecule has 1 N–H and O–H groups in total. The second kappa shape index (κ2) is 6.04. The van der Waals surface area contributed by atoms with Crippen molar-refractivity contribution < 1.29 is 4.79 Å². The number of aromatic nitrogens is 2. The molecule has 0 saturated carbocycles. The number of hydrogen-bond acceptors (Lipinski definition) is 3. The van der Waals surface area contributed by atoms with Crippen molar-refractivity contribution in [3.63, 3.8) is 0 Å². The fourth-order valence-electron chi connectivity index (χ4n) is 2.46. The summed E-state index contributed by atoms with van der Waals surface area (Å²) in [4.78, 5) is 24.9. The lowest BCUT2D eigenvalue weighted by atomic mass is 10.2. The van der Waals surface area contributed by atoms with E-state index in [0.29, 0.717) is 11.1 Å². The lowest BCUT2D eigenvalue weighted by molar-refractivity contribution is -0.119. The average Bonchev–Trinajstić information content (AvgIpc) is 2.55. The maximum Gasteiger partial charge on any atom is 0.275 e. The Kier molecular flexibility index (Phi) is 3.93. The van der Waals surface area contributed by atoms with E-state index in [1.165, 1.54) is 4.68 Å². The minimum Gasteiger partial charge on any atom is -0.324 e. The average molecular weight is 307 g/mol. The number of nitrogens with zero attached hydrogens (tertiary/aromatic N) is 2. The Balaban J connectivity index is 1.90. The summed E-state index contributed by atoms with van der Waals surface area (Å²) in [5.41, 5.74) is 1.49. The third-order valence-corrected chi connectivity index (χ3v) is 3.75. The van der Waals surface area contributed by atoms with E-state index in [4.69, 9.17) is 0 Å². The minimum absolute atomic E-state index is 0.269. The quantitative estimate of drug-likeness (QED) is 0.809. The molecule has 5 heteroatoms. The summed E-state index contributed by atoms with van der Waals surface area (Å²) in [5, 5.41) is 8.26. The molecule has 1 heterocycles. The monoisotopic (exact) mass is 307 g/mol. The van der Waals surface area contributed by atoms with Crippen LogP contribution in [0, 0.1) is 6.92 Å². The number of carbonyl (C=O) groups excluding carboxylic acids is 1. The number of carbonyl (C=O) groups is 1. The number of fused-ring (bicyclic) bond motifs is 1. The van der Waals surface area contributed by atoms with Crippen molar-refractivity contribution in [3.05, 3.63) is 70.6 Å². The molecule has 0 fully saturated rings. The summed E-state index contributed by atoms with van der Waals surface area (Å²) < 4.78 is 1.22. The number of anilines is 1. The van der Waals surface area contributed by atoms with E-state index in [0.717, 1.165) is 10.9 Å². The molecule has 2 aromatic carbocycles. The van der Waals surface area contributed by atoms with Crippen LogP contribution >= 0.6 is 0 Å². The molecule has 0 bridgehead atoms. The van der Waals surface area contributed by atoms with Crippen molar-refractivity contribution in [2.24, 2.45) is 0 Å². The molecule has 5 nitrogen and oxygen atoms in total. The second-order valence-electron chi connectivity index (χ2n) is 5.52. The summed E-state index contributed by atoms with van der Waals surface area (Å²) in [5.74, 6) is -0.277. The topological polar surface area (TPSA) is 64.0 Å². The Bertz CT molecular complexity index is 931. The summed E-state index contributed by atoms with van der Waals surface area (Å²) in [6, 6.07) is 14.0. The Labute approximate surface area is 133 Å². The van der Waals surface area contributed by atoms with Crippen LogP contribution in [0.15, 0.2) is 59.5 Å².